The van der Waals surface area contributed by atoms with Crippen molar-refractivity contribution in [2.45, 2.75) is 39.7 Å². The molecule has 1 saturated carbocycles. The van der Waals surface area contributed by atoms with Crippen LogP contribution in [0, 0.1) is 24.2 Å². The van der Waals surface area contributed by atoms with Crippen LogP contribution in [0.25, 0.3) is 0 Å². The van der Waals surface area contributed by atoms with Crippen LogP contribution in [0.15, 0.2) is 6.07 Å². The van der Waals surface area contributed by atoms with Gasteiger partial charge in [-0.05, 0) is 39.5 Å². The second kappa shape index (κ2) is 6.78. The average molecular weight is 347 g/mol. The number of anilines is 2. The molecule has 0 spiro atoms. The third-order valence-electron chi connectivity index (χ3n) is 5.21. The molecule has 0 radical (unpaired) electrons. The molecule has 2 atom stereocenters. The normalized spacial score (nSPS) is 23.8. The standard InChI is InChI=1S/C18H29N5O2/c1-11-7-15(22-17(19)20-11)23-8-13(12-5-6-12)14(9-23)21-16(24)18(2,3)10-25-4/h7,12-14H,5-6,8-10H2,1-4H3,(H,21,24)(H2,19,20,22)/t13-,14+/m1/s1. The van der Waals surface area contributed by atoms with E-state index in [1.165, 1.54) is 12.8 Å². The molecule has 0 bridgehead atoms. The van der Waals surface area contributed by atoms with E-state index in [2.05, 4.69) is 20.2 Å². The van der Waals surface area contributed by atoms with Crippen LogP contribution in [-0.4, -0.2) is 48.7 Å². The number of nitrogens with zero attached hydrogens (tertiary/aromatic N) is 3. The molecule has 1 aliphatic heterocycles. The lowest BCUT2D eigenvalue weighted by Gasteiger charge is -2.27. The molecule has 2 aliphatic rings. The minimum Gasteiger partial charge on any atom is -0.384 e. The first kappa shape index (κ1) is 17.9. The second-order valence-electron chi connectivity index (χ2n) is 8.03. The minimum atomic E-state index is -0.536. The lowest BCUT2D eigenvalue weighted by molar-refractivity contribution is -0.132. The summed E-state index contributed by atoms with van der Waals surface area (Å²) < 4.78 is 5.19. The average Bonchev–Trinajstić information content (AvgIpc) is 3.27. The number of carbonyl (C=O) groups excluding carboxylic acids is 1. The van der Waals surface area contributed by atoms with Crippen LogP contribution in [0.1, 0.15) is 32.4 Å². The summed E-state index contributed by atoms with van der Waals surface area (Å²) in [6.45, 7) is 7.81. The van der Waals surface area contributed by atoms with Crippen LogP contribution in [0.4, 0.5) is 11.8 Å². The van der Waals surface area contributed by atoms with Crippen LogP contribution in [0.5, 0.6) is 0 Å². The van der Waals surface area contributed by atoms with Gasteiger partial charge in [0.2, 0.25) is 11.9 Å². The Balaban J connectivity index is 1.74. The number of nitrogen functional groups attached to an aromatic ring is 1. The van der Waals surface area contributed by atoms with E-state index < -0.39 is 5.41 Å². The fourth-order valence-corrected chi connectivity index (χ4v) is 3.70. The lowest BCUT2D eigenvalue weighted by atomic mass is 9.91. The summed E-state index contributed by atoms with van der Waals surface area (Å²) in [7, 11) is 1.63. The Kier molecular flexibility index (Phi) is 4.86. The highest BCUT2D eigenvalue weighted by Crippen LogP contribution is 2.42. The molecule has 7 nitrogen and oxygen atoms in total. The predicted octanol–water partition coefficient (Wildman–Crippen LogP) is 1.37. The van der Waals surface area contributed by atoms with Crippen molar-refractivity contribution in [3.8, 4) is 0 Å². The van der Waals surface area contributed by atoms with Crippen LogP contribution >= 0.6 is 0 Å². The van der Waals surface area contributed by atoms with E-state index >= 15 is 0 Å². The number of rotatable bonds is 6. The van der Waals surface area contributed by atoms with Gasteiger partial charge in [0.05, 0.1) is 18.1 Å². The molecule has 2 fully saturated rings. The van der Waals surface area contributed by atoms with Gasteiger partial charge in [0.15, 0.2) is 0 Å². The van der Waals surface area contributed by atoms with Gasteiger partial charge in [-0.2, -0.15) is 4.98 Å². The summed E-state index contributed by atoms with van der Waals surface area (Å²) in [5, 5.41) is 3.27. The van der Waals surface area contributed by atoms with Gasteiger partial charge in [0.25, 0.3) is 0 Å². The Morgan fingerprint density at radius 1 is 1.40 bits per heavy atom. The van der Waals surface area contributed by atoms with Gasteiger partial charge >= 0.3 is 0 Å². The van der Waals surface area contributed by atoms with Crippen molar-refractivity contribution in [3.63, 3.8) is 0 Å². The highest BCUT2D eigenvalue weighted by atomic mass is 16.5. The summed E-state index contributed by atoms with van der Waals surface area (Å²) in [4.78, 5) is 23.5. The lowest BCUT2D eigenvalue weighted by Crippen LogP contribution is -2.48. The highest BCUT2D eigenvalue weighted by Gasteiger charge is 2.44. The minimum absolute atomic E-state index is 0.0465. The Morgan fingerprint density at radius 2 is 2.12 bits per heavy atom. The summed E-state index contributed by atoms with van der Waals surface area (Å²) in [5.74, 6) is 2.35. The third kappa shape index (κ3) is 4.03. The molecule has 3 rings (SSSR count). The zero-order valence-electron chi connectivity index (χ0n) is 15.6. The Hall–Kier alpha value is -1.89. The van der Waals surface area contributed by atoms with Gasteiger partial charge in [-0.1, -0.05) is 0 Å². The number of nitrogens with one attached hydrogen (secondary N) is 1. The second-order valence-corrected chi connectivity index (χ2v) is 8.03. The first-order valence-corrected chi connectivity index (χ1v) is 8.96. The largest absolute Gasteiger partial charge is 0.384 e. The molecular weight excluding hydrogens is 318 g/mol. The number of amides is 1. The Labute approximate surface area is 149 Å². The molecule has 25 heavy (non-hydrogen) atoms. The van der Waals surface area contributed by atoms with E-state index in [1.54, 1.807) is 7.11 Å². The molecule has 1 aromatic rings. The monoisotopic (exact) mass is 347 g/mol. The number of aryl methyl sites for hydroxylation is 1. The first-order chi connectivity index (χ1) is 11.8. The Morgan fingerprint density at radius 3 is 2.72 bits per heavy atom. The number of aromatic nitrogens is 2. The van der Waals surface area contributed by atoms with Crippen molar-refractivity contribution >= 4 is 17.7 Å². The van der Waals surface area contributed by atoms with E-state index in [0.717, 1.165) is 24.6 Å². The molecule has 138 valence electrons. The maximum absolute atomic E-state index is 12.7. The molecule has 1 amide bonds. The molecule has 1 aliphatic carbocycles. The quantitative estimate of drug-likeness (QED) is 0.807. The van der Waals surface area contributed by atoms with Crippen LogP contribution in [0.2, 0.25) is 0 Å². The summed E-state index contributed by atoms with van der Waals surface area (Å²) in [6.07, 6.45) is 2.49. The van der Waals surface area contributed by atoms with Crippen molar-refractivity contribution in [2.75, 3.05) is 37.4 Å². The fourth-order valence-electron chi connectivity index (χ4n) is 3.70. The van der Waals surface area contributed by atoms with Gasteiger partial charge in [-0.25, -0.2) is 4.98 Å². The molecule has 7 heteroatoms. The van der Waals surface area contributed by atoms with Gasteiger partial charge in [0.1, 0.15) is 5.82 Å². The molecule has 0 aromatic carbocycles. The van der Waals surface area contributed by atoms with E-state index in [-0.39, 0.29) is 11.9 Å². The van der Waals surface area contributed by atoms with Crippen LogP contribution < -0.4 is 16.0 Å². The number of hydrogen-bond donors (Lipinski definition) is 2. The van der Waals surface area contributed by atoms with Gasteiger partial charge in [0, 0.05) is 37.9 Å². The fraction of sp³-hybridized carbons (Fsp3) is 0.722. The summed E-state index contributed by atoms with van der Waals surface area (Å²) in [6, 6.07) is 2.09. The van der Waals surface area contributed by atoms with Crippen molar-refractivity contribution in [1.82, 2.24) is 15.3 Å². The van der Waals surface area contributed by atoms with E-state index in [4.69, 9.17) is 10.5 Å². The summed E-state index contributed by atoms with van der Waals surface area (Å²) in [5.41, 5.74) is 6.13. The van der Waals surface area contributed by atoms with Crippen molar-refractivity contribution in [1.29, 1.82) is 0 Å². The zero-order valence-corrected chi connectivity index (χ0v) is 15.6. The van der Waals surface area contributed by atoms with Crippen molar-refractivity contribution in [3.05, 3.63) is 11.8 Å². The highest BCUT2D eigenvalue weighted by molar-refractivity contribution is 5.82. The number of hydrogen-bond acceptors (Lipinski definition) is 6. The summed E-state index contributed by atoms with van der Waals surface area (Å²) >= 11 is 0. The van der Waals surface area contributed by atoms with Gasteiger partial charge in [-0.3, -0.25) is 4.79 Å². The number of ether oxygens (including phenoxy) is 1. The molecular formula is C18H29N5O2. The van der Waals surface area contributed by atoms with Crippen molar-refractivity contribution in [2.24, 2.45) is 17.3 Å². The molecule has 1 saturated heterocycles. The third-order valence-corrected chi connectivity index (χ3v) is 5.21. The number of methoxy groups -OCH3 is 1. The number of carbonyl (C=O) groups is 1. The van der Waals surface area contributed by atoms with E-state index in [0.29, 0.717) is 24.4 Å². The van der Waals surface area contributed by atoms with Crippen molar-refractivity contribution < 1.29 is 9.53 Å². The number of nitrogens with two attached hydrogens (primary N) is 1. The topological polar surface area (TPSA) is 93.4 Å². The zero-order chi connectivity index (χ0) is 18.2. The molecule has 0 unspecified atom stereocenters. The SMILES string of the molecule is COCC(C)(C)C(=O)N[C@H]1CN(c2cc(C)nc(N)n2)C[C@@H]1C1CC1. The van der Waals surface area contributed by atoms with Gasteiger partial charge in [-0.15, -0.1) is 0 Å². The molecule has 1 aromatic heterocycles. The van der Waals surface area contributed by atoms with Crippen LogP contribution in [-0.2, 0) is 9.53 Å². The maximum atomic E-state index is 12.7. The smallest absolute Gasteiger partial charge is 0.228 e. The maximum Gasteiger partial charge on any atom is 0.228 e. The Bertz CT molecular complexity index is 624. The molecule has 3 N–H and O–H groups in total. The van der Waals surface area contributed by atoms with E-state index in [1.807, 2.05) is 26.8 Å². The van der Waals surface area contributed by atoms with Gasteiger partial charge < -0.3 is 20.7 Å². The first-order valence-electron chi connectivity index (χ1n) is 8.96. The van der Waals surface area contributed by atoms with Crippen LogP contribution in [0.3, 0.4) is 0 Å². The molecule has 2 heterocycles. The van der Waals surface area contributed by atoms with E-state index in [9.17, 15) is 4.79 Å². The predicted molar refractivity (Wildman–Crippen MR) is 97.2 cm³/mol.